The van der Waals surface area contributed by atoms with Crippen molar-refractivity contribution in [2.24, 2.45) is 5.73 Å². The van der Waals surface area contributed by atoms with E-state index in [1.807, 2.05) is 24.3 Å². The lowest BCUT2D eigenvalue weighted by Gasteiger charge is -2.13. The molecule has 0 saturated heterocycles. The molecule has 1 amide bonds. The number of anilines is 1. The first-order valence-electron chi connectivity index (χ1n) is 12.5. The Balaban J connectivity index is 0.000000707. The number of hydrogen-bond acceptors (Lipinski definition) is 9. The third kappa shape index (κ3) is 9.55. The second-order valence-electron chi connectivity index (χ2n) is 9.09. The molecule has 4 aromatic rings. The summed E-state index contributed by atoms with van der Waals surface area (Å²) in [4.78, 5) is 31.4. The number of aromatic nitrogens is 2. The molecule has 1 unspecified atom stereocenters. The van der Waals surface area contributed by atoms with Gasteiger partial charge in [-0.3, -0.25) is 24.3 Å². The number of hydrogen-bond donors (Lipinski definition) is 5. The van der Waals surface area contributed by atoms with Gasteiger partial charge in [0.2, 0.25) is 5.91 Å². The zero-order chi connectivity index (χ0) is 33.5. The summed E-state index contributed by atoms with van der Waals surface area (Å²) in [6.45, 7) is 0.480. The molecular weight excluding hydrogens is 667 g/mol. The Morgan fingerprint density at radius 1 is 1.11 bits per heavy atom. The summed E-state index contributed by atoms with van der Waals surface area (Å²) in [5.74, 6) is -4.09. The van der Waals surface area contributed by atoms with Crippen molar-refractivity contribution in [1.29, 1.82) is 0 Å². The summed E-state index contributed by atoms with van der Waals surface area (Å²) < 4.78 is 67.8. The molecule has 6 N–H and O–H groups in total. The van der Waals surface area contributed by atoms with Crippen molar-refractivity contribution in [2.75, 3.05) is 11.8 Å². The van der Waals surface area contributed by atoms with E-state index in [-0.39, 0.29) is 29.5 Å². The van der Waals surface area contributed by atoms with E-state index in [2.05, 4.69) is 15.1 Å². The standard InChI is InChI=1S/C24H24ClN5O6S2.C2HF3O2/c1-36-18-7-3-6-17-22(18)23(29-38(34,35)21-9-8-19(25)37-21)28-30(17)13-15-5-2-4-14(10-15)12-27-16(24(32)33)11-20(26)31;3-2(4,5)1(6)7/h2-10,16,27H,11-13H2,1H3,(H2,26,31)(H,28,29)(H,32,33);(H,6,7). The lowest BCUT2D eigenvalue weighted by molar-refractivity contribution is -0.192. The number of methoxy groups -OCH3 is 1. The summed E-state index contributed by atoms with van der Waals surface area (Å²) in [5, 5.41) is 24.3. The molecule has 0 saturated carbocycles. The van der Waals surface area contributed by atoms with Crippen molar-refractivity contribution in [1.82, 2.24) is 15.1 Å². The summed E-state index contributed by atoms with van der Waals surface area (Å²) in [6.07, 6.45) is -5.41. The smallest absolute Gasteiger partial charge is 0.490 e. The molecule has 0 aliphatic carbocycles. The topological polar surface area (TPSA) is 203 Å². The first kappa shape index (κ1) is 35.1. The van der Waals surface area contributed by atoms with E-state index in [0.29, 0.717) is 21.0 Å². The molecule has 242 valence electrons. The number of ether oxygens (including phenoxy) is 1. The van der Waals surface area contributed by atoms with Gasteiger partial charge in [0.25, 0.3) is 10.0 Å². The van der Waals surface area contributed by atoms with Gasteiger partial charge in [-0.2, -0.15) is 18.3 Å². The molecule has 1 atom stereocenters. The van der Waals surface area contributed by atoms with E-state index in [9.17, 15) is 36.3 Å². The zero-order valence-corrected chi connectivity index (χ0v) is 25.4. The van der Waals surface area contributed by atoms with Crippen LogP contribution in [0.3, 0.4) is 0 Å². The van der Waals surface area contributed by atoms with Crippen LogP contribution in [0.15, 0.2) is 58.8 Å². The van der Waals surface area contributed by atoms with Crippen LogP contribution in [-0.4, -0.2) is 65.6 Å². The predicted octanol–water partition coefficient (Wildman–Crippen LogP) is 3.66. The molecule has 0 spiro atoms. The predicted molar refractivity (Wildman–Crippen MR) is 158 cm³/mol. The number of sulfonamides is 1. The van der Waals surface area contributed by atoms with Crippen molar-refractivity contribution in [3.05, 3.63) is 70.1 Å². The number of nitrogens with two attached hydrogens (primary N) is 1. The maximum absolute atomic E-state index is 13.0. The van der Waals surface area contributed by atoms with Gasteiger partial charge in [0.05, 0.1) is 35.3 Å². The van der Waals surface area contributed by atoms with Crippen LogP contribution >= 0.6 is 22.9 Å². The van der Waals surface area contributed by atoms with Gasteiger partial charge in [0, 0.05) is 6.54 Å². The fourth-order valence-electron chi connectivity index (χ4n) is 3.88. The average Bonchev–Trinajstić information content (AvgIpc) is 3.54. The van der Waals surface area contributed by atoms with Crippen molar-refractivity contribution >= 4 is 67.5 Å². The largest absolute Gasteiger partial charge is 0.496 e. The second kappa shape index (κ2) is 14.6. The van der Waals surface area contributed by atoms with E-state index in [0.717, 1.165) is 22.5 Å². The first-order chi connectivity index (χ1) is 21.0. The highest BCUT2D eigenvalue weighted by atomic mass is 35.5. The normalized spacial score (nSPS) is 12.2. The Labute approximate surface area is 262 Å². The molecule has 45 heavy (non-hydrogen) atoms. The number of nitrogens with zero attached hydrogens (tertiary/aromatic N) is 2. The minimum Gasteiger partial charge on any atom is -0.496 e. The molecule has 2 aromatic heterocycles. The minimum absolute atomic E-state index is 0.0521. The number of carbonyl (C=O) groups is 3. The van der Waals surface area contributed by atoms with Gasteiger partial charge in [-0.1, -0.05) is 41.9 Å². The number of benzene rings is 2. The van der Waals surface area contributed by atoms with Crippen LogP contribution in [-0.2, 0) is 37.5 Å². The van der Waals surface area contributed by atoms with Crippen LogP contribution in [0.2, 0.25) is 4.34 Å². The average molecular weight is 692 g/mol. The number of alkyl halides is 3. The highest BCUT2D eigenvalue weighted by Crippen LogP contribution is 2.35. The third-order valence-electron chi connectivity index (χ3n) is 5.83. The summed E-state index contributed by atoms with van der Waals surface area (Å²) in [6, 6.07) is 14.5. The molecule has 0 fully saturated rings. The van der Waals surface area contributed by atoms with E-state index in [4.69, 9.17) is 32.0 Å². The van der Waals surface area contributed by atoms with Crippen molar-refractivity contribution in [3.8, 4) is 5.75 Å². The van der Waals surface area contributed by atoms with Gasteiger partial charge in [-0.15, -0.1) is 11.3 Å². The number of aliphatic carboxylic acids is 2. The second-order valence-corrected chi connectivity index (χ2v) is 12.7. The van der Waals surface area contributed by atoms with Gasteiger partial charge in [0.15, 0.2) is 5.82 Å². The molecule has 2 heterocycles. The van der Waals surface area contributed by atoms with Gasteiger partial charge in [0.1, 0.15) is 16.0 Å². The van der Waals surface area contributed by atoms with Crippen LogP contribution in [0.5, 0.6) is 5.75 Å². The third-order valence-corrected chi connectivity index (χ3v) is 8.89. The maximum Gasteiger partial charge on any atom is 0.490 e. The number of primary amides is 1. The van der Waals surface area contributed by atoms with Crippen molar-refractivity contribution in [3.63, 3.8) is 0 Å². The van der Waals surface area contributed by atoms with E-state index in [1.165, 1.54) is 19.2 Å². The molecule has 0 aliphatic rings. The number of carbonyl (C=O) groups excluding carboxylic acids is 1. The fourth-order valence-corrected chi connectivity index (χ4v) is 6.37. The lowest BCUT2D eigenvalue weighted by Crippen LogP contribution is -2.39. The maximum atomic E-state index is 13.0. The van der Waals surface area contributed by atoms with E-state index >= 15 is 0 Å². The summed E-state index contributed by atoms with van der Waals surface area (Å²) in [5.41, 5.74) is 7.39. The molecule has 0 aliphatic heterocycles. The molecule has 19 heteroatoms. The van der Waals surface area contributed by atoms with Gasteiger partial charge in [-0.05, 0) is 35.4 Å². The number of carboxylic acids is 2. The van der Waals surface area contributed by atoms with Crippen LogP contribution in [0.25, 0.3) is 10.9 Å². The van der Waals surface area contributed by atoms with E-state index in [1.54, 1.807) is 22.9 Å². The number of fused-ring (bicyclic) bond motifs is 1. The molecule has 4 rings (SSSR count). The molecule has 0 radical (unpaired) electrons. The number of carboxylic acid groups (broad SMARTS) is 2. The molecule has 2 aromatic carbocycles. The van der Waals surface area contributed by atoms with Crippen molar-refractivity contribution < 1.29 is 50.9 Å². The zero-order valence-electron chi connectivity index (χ0n) is 23.0. The Kier molecular flexibility index (Phi) is 11.4. The van der Waals surface area contributed by atoms with Crippen LogP contribution < -0.4 is 20.5 Å². The minimum atomic E-state index is -5.08. The summed E-state index contributed by atoms with van der Waals surface area (Å²) in [7, 11) is -2.45. The molecule has 13 nitrogen and oxygen atoms in total. The highest BCUT2D eigenvalue weighted by molar-refractivity contribution is 7.94. The van der Waals surface area contributed by atoms with Gasteiger partial charge in [-0.25, -0.2) is 13.2 Å². The number of halogens is 4. The lowest BCUT2D eigenvalue weighted by atomic mass is 10.1. The number of thiophene rings is 1. The number of amides is 1. The number of nitrogens with one attached hydrogen (secondary N) is 2. The number of rotatable bonds is 12. The van der Waals surface area contributed by atoms with Crippen LogP contribution in [0.1, 0.15) is 17.5 Å². The van der Waals surface area contributed by atoms with E-state index < -0.39 is 40.1 Å². The fraction of sp³-hybridized carbons (Fsp3) is 0.231. The Bertz CT molecular complexity index is 1810. The monoisotopic (exact) mass is 691 g/mol. The first-order valence-corrected chi connectivity index (χ1v) is 15.1. The SMILES string of the molecule is COc1cccc2c1c(NS(=O)(=O)c1ccc(Cl)s1)nn2Cc1cccc(CNC(CC(N)=O)C(=O)O)c1.O=C(O)C(F)(F)F. The van der Waals surface area contributed by atoms with Crippen LogP contribution in [0, 0.1) is 0 Å². The van der Waals surface area contributed by atoms with Gasteiger partial charge < -0.3 is 20.7 Å². The van der Waals surface area contributed by atoms with Crippen molar-refractivity contribution in [2.45, 2.75) is 35.9 Å². The molecule has 0 bridgehead atoms. The summed E-state index contributed by atoms with van der Waals surface area (Å²) >= 11 is 6.86. The van der Waals surface area contributed by atoms with Gasteiger partial charge >= 0.3 is 18.1 Å². The Hall–Kier alpha value is -4.39. The highest BCUT2D eigenvalue weighted by Gasteiger charge is 2.38. The Morgan fingerprint density at radius 3 is 2.31 bits per heavy atom. The Morgan fingerprint density at radius 2 is 1.76 bits per heavy atom. The van der Waals surface area contributed by atoms with Crippen LogP contribution in [0.4, 0.5) is 19.0 Å². The molecular formula is C26H25ClF3N5O8S2. The quantitative estimate of drug-likeness (QED) is 0.146.